The molecule has 88 valence electrons. The average Bonchev–Trinajstić information content (AvgIpc) is 2.15. The first-order chi connectivity index (χ1) is 7.04. The lowest BCUT2D eigenvalue weighted by molar-refractivity contribution is -0.147. The third-order valence-corrected chi connectivity index (χ3v) is 2.15. The number of aliphatic hydroxyl groups is 1. The van der Waals surface area contributed by atoms with Crippen LogP contribution in [-0.4, -0.2) is 33.4 Å². The molecule has 1 atom stereocenters. The highest BCUT2D eigenvalue weighted by molar-refractivity contribution is 5.71. The number of unbranched alkanes of at least 4 members (excludes halogenated alkanes) is 4. The molecule has 0 rings (SSSR count). The first kappa shape index (κ1) is 13.9. The van der Waals surface area contributed by atoms with Gasteiger partial charge in [-0.3, -0.25) is 4.79 Å². The molecule has 0 aliphatic rings. The van der Waals surface area contributed by atoms with Crippen molar-refractivity contribution in [3.8, 4) is 0 Å². The standard InChI is InChI=1S/C10H18O5/c11-8(10(14)15)6-4-2-1-3-5-7-9(12)13/h8,11H,1-7H2,(H,12,13)(H,14,15)/t8-/m1/s1. The van der Waals surface area contributed by atoms with Crippen molar-refractivity contribution in [2.45, 2.75) is 51.0 Å². The summed E-state index contributed by atoms with van der Waals surface area (Å²) in [5, 5.41) is 25.6. The van der Waals surface area contributed by atoms with Crippen LogP contribution in [0.2, 0.25) is 0 Å². The van der Waals surface area contributed by atoms with Crippen LogP contribution in [-0.2, 0) is 9.59 Å². The molecule has 15 heavy (non-hydrogen) atoms. The van der Waals surface area contributed by atoms with Crippen molar-refractivity contribution in [3.63, 3.8) is 0 Å². The molecular formula is C10H18O5. The first-order valence-electron chi connectivity index (χ1n) is 5.16. The van der Waals surface area contributed by atoms with Gasteiger partial charge >= 0.3 is 11.9 Å². The molecule has 0 aromatic heterocycles. The Hall–Kier alpha value is -1.10. The van der Waals surface area contributed by atoms with E-state index in [0.717, 1.165) is 19.3 Å². The van der Waals surface area contributed by atoms with Crippen molar-refractivity contribution in [1.82, 2.24) is 0 Å². The molecule has 0 aromatic carbocycles. The van der Waals surface area contributed by atoms with Crippen molar-refractivity contribution in [1.29, 1.82) is 0 Å². The summed E-state index contributed by atoms with van der Waals surface area (Å²) in [6.45, 7) is 0. The number of carbonyl (C=O) groups is 2. The number of carboxylic acids is 2. The zero-order valence-corrected chi connectivity index (χ0v) is 8.69. The quantitative estimate of drug-likeness (QED) is 0.506. The fourth-order valence-electron chi connectivity index (χ4n) is 1.27. The van der Waals surface area contributed by atoms with Crippen LogP contribution < -0.4 is 0 Å². The van der Waals surface area contributed by atoms with Crippen LogP contribution in [0.3, 0.4) is 0 Å². The molecule has 0 amide bonds. The summed E-state index contributed by atoms with van der Waals surface area (Å²) in [7, 11) is 0. The molecular weight excluding hydrogens is 200 g/mol. The molecule has 0 aromatic rings. The zero-order valence-electron chi connectivity index (χ0n) is 8.69. The van der Waals surface area contributed by atoms with E-state index in [0.29, 0.717) is 12.8 Å². The summed E-state index contributed by atoms with van der Waals surface area (Å²) in [5.41, 5.74) is 0. The smallest absolute Gasteiger partial charge is 0.332 e. The summed E-state index contributed by atoms with van der Waals surface area (Å²) in [5.74, 6) is -1.96. The van der Waals surface area contributed by atoms with Gasteiger partial charge in [0, 0.05) is 6.42 Å². The number of aliphatic hydroxyl groups excluding tert-OH is 1. The van der Waals surface area contributed by atoms with Gasteiger partial charge in [-0.1, -0.05) is 25.7 Å². The lowest BCUT2D eigenvalue weighted by Crippen LogP contribution is -2.18. The van der Waals surface area contributed by atoms with E-state index in [4.69, 9.17) is 15.3 Å². The minimum absolute atomic E-state index is 0.192. The number of hydrogen-bond acceptors (Lipinski definition) is 3. The van der Waals surface area contributed by atoms with E-state index in [-0.39, 0.29) is 12.8 Å². The summed E-state index contributed by atoms with van der Waals surface area (Å²) in [6.07, 6.45) is 3.10. The highest BCUT2D eigenvalue weighted by Crippen LogP contribution is 2.08. The number of hydrogen-bond donors (Lipinski definition) is 3. The fraction of sp³-hybridized carbons (Fsp3) is 0.800. The van der Waals surface area contributed by atoms with E-state index >= 15 is 0 Å². The van der Waals surface area contributed by atoms with E-state index in [9.17, 15) is 9.59 Å². The van der Waals surface area contributed by atoms with Gasteiger partial charge in [-0.25, -0.2) is 4.79 Å². The molecule has 0 spiro atoms. The summed E-state index contributed by atoms with van der Waals surface area (Å²) < 4.78 is 0. The molecule has 0 heterocycles. The monoisotopic (exact) mass is 218 g/mol. The van der Waals surface area contributed by atoms with Gasteiger partial charge in [0.15, 0.2) is 6.10 Å². The fourth-order valence-corrected chi connectivity index (χ4v) is 1.27. The molecule has 0 saturated carbocycles. The van der Waals surface area contributed by atoms with Gasteiger partial charge in [0.05, 0.1) is 0 Å². The first-order valence-corrected chi connectivity index (χ1v) is 5.16. The third kappa shape index (κ3) is 9.21. The second kappa shape index (κ2) is 8.23. The molecule has 0 aliphatic carbocycles. The third-order valence-electron chi connectivity index (χ3n) is 2.15. The van der Waals surface area contributed by atoms with E-state index in [1.807, 2.05) is 0 Å². The summed E-state index contributed by atoms with van der Waals surface area (Å²) >= 11 is 0. The van der Waals surface area contributed by atoms with Gasteiger partial charge in [0.2, 0.25) is 0 Å². The topological polar surface area (TPSA) is 94.8 Å². The Balaban J connectivity index is 3.18. The van der Waals surface area contributed by atoms with Gasteiger partial charge in [-0.15, -0.1) is 0 Å². The molecule has 0 bridgehead atoms. The number of carboxylic acid groups (broad SMARTS) is 2. The number of aliphatic carboxylic acids is 2. The van der Waals surface area contributed by atoms with Crippen LogP contribution in [0.5, 0.6) is 0 Å². The maximum absolute atomic E-state index is 10.2. The zero-order chi connectivity index (χ0) is 11.7. The van der Waals surface area contributed by atoms with Crippen LogP contribution in [0.4, 0.5) is 0 Å². The summed E-state index contributed by atoms with van der Waals surface area (Å²) in [6, 6.07) is 0. The Kier molecular flexibility index (Phi) is 7.62. The molecule has 0 radical (unpaired) electrons. The van der Waals surface area contributed by atoms with Crippen molar-refractivity contribution in [2.24, 2.45) is 0 Å². The second-order valence-electron chi connectivity index (χ2n) is 3.55. The predicted molar refractivity (Wildman–Crippen MR) is 53.6 cm³/mol. The second-order valence-corrected chi connectivity index (χ2v) is 3.55. The minimum atomic E-state index is -1.26. The van der Waals surface area contributed by atoms with Crippen molar-refractivity contribution in [3.05, 3.63) is 0 Å². The van der Waals surface area contributed by atoms with Gasteiger partial charge in [-0.2, -0.15) is 0 Å². The van der Waals surface area contributed by atoms with Gasteiger partial charge in [-0.05, 0) is 12.8 Å². The molecule has 0 aliphatic heterocycles. The van der Waals surface area contributed by atoms with Crippen molar-refractivity contribution < 1.29 is 24.9 Å². The van der Waals surface area contributed by atoms with Crippen molar-refractivity contribution in [2.75, 3.05) is 0 Å². The largest absolute Gasteiger partial charge is 0.481 e. The highest BCUT2D eigenvalue weighted by atomic mass is 16.4. The SMILES string of the molecule is O=C(O)CCCCCCC[C@@H](O)C(=O)O. The average molecular weight is 218 g/mol. The molecule has 5 heteroatoms. The Labute approximate surface area is 88.7 Å². The molecule has 0 unspecified atom stereocenters. The van der Waals surface area contributed by atoms with E-state index in [1.165, 1.54) is 0 Å². The normalized spacial score (nSPS) is 12.3. The van der Waals surface area contributed by atoms with Crippen LogP contribution >= 0.6 is 0 Å². The molecule has 5 nitrogen and oxygen atoms in total. The Morgan fingerprint density at radius 2 is 1.47 bits per heavy atom. The van der Waals surface area contributed by atoms with Crippen LogP contribution in [0.25, 0.3) is 0 Å². The Morgan fingerprint density at radius 1 is 0.933 bits per heavy atom. The maximum atomic E-state index is 10.2. The van der Waals surface area contributed by atoms with E-state index in [2.05, 4.69) is 0 Å². The molecule has 3 N–H and O–H groups in total. The van der Waals surface area contributed by atoms with Crippen LogP contribution in [0.15, 0.2) is 0 Å². The van der Waals surface area contributed by atoms with Crippen LogP contribution in [0.1, 0.15) is 44.9 Å². The molecule has 0 saturated heterocycles. The lowest BCUT2D eigenvalue weighted by atomic mass is 10.1. The Bertz CT molecular complexity index is 202. The van der Waals surface area contributed by atoms with E-state index < -0.39 is 18.0 Å². The minimum Gasteiger partial charge on any atom is -0.481 e. The van der Waals surface area contributed by atoms with Gasteiger partial charge in [0.25, 0.3) is 0 Å². The maximum Gasteiger partial charge on any atom is 0.332 e. The van der Waals surface area contributed by atoms with Gasteiger partial charge in [0.1, 0.15) is 0 Å². The predicted octanol–water partition coefficient (Wildman–Crippen LogP) is 1.25. The Morgan fingerprint density at radius 3 is 2.00 bits per heavy atom. The van der Waals surface area contributed by atoms with Gasteiger partial charge < -0.3 is 15.3 Å². The highest BCUT2D eigenvalue weighted by Gasteiger charge is 2.11. The lowest BCUT2D eigenvalue weighted by Gasteiger charge is -2.04. The van der Waals surface area contributed by atoms with E-state index in [1.54, 1.807) is 0 Å². The van der Waals surface area contributed by atoms with Crippen LogP contribution in [0, 0.1) is 0 Å². The summed E-state index contributed by atoms with van der Waals surface area (Å²) in [4.78, 5) is 20.4. The molecule has 0 fully saturated rings. The van der Waals surface area contributed by atoms with Crippen molar-refractivity contribution >= 4 is 11.9 Å². The number of rotatable bonds is 9.